The minimum atomic E-state index is -6.97. The van der Waals surface area contributed by atoms with Crippen LogP contribution in [-0.4, -0.2) is 35.7 Å². The van der Waals surface area contributed by atoms with E-state index in [-0.39, 0.29) is 11.3 Å². The number of hydrogen-bond acceptors (Lipinski definition) is 2. The number of rotatable bonds is 9. The molecule has 1 aromatic carbocycles. The number of benzene rings is 1. The fourth-order valence-corrected chi connectivity index (χ4v) is 2.02. The number of aliphatic hydroxyl groups is 1. The third-order valence-corrected chi connectivity index (χ3v) is 3.69. The molecule has 1 atom stereocenters. The van der Waals surface area contributed by atoms with E-state index in [0.717, 1.165) is 25.0 Å². The summed E-state index contributed by atoms with van der Waals surface area (Å²) in [7, 11) is 0. The Labute approximate surface area is 148 Å². The minimum Gasteiger partial charge on any atom is -0.494 e. The van der Waals surface area contributed by atoms with Gasteiger partial charge in [-0.1, -0.05) is 25.5 Å². The lowest BCUT2D eigenvalue weighted by Crippen LogP contribution is -2.61. The smallest absolute Gasteiger partial charge is 0.460 e. The highest BCUT2D eigenvalue weighted by Gasteiger charge is 2.81. The number of ether oxygens (including phenoxy) is 1. The molecular formula is C16H17F9O2. The number of unbranched alkanes of at least 4 members (excludes halogenated alkanes) is 1. The van der Waals surface area contributed by atoms with Crippen molar-refractivity contribution in [2.24, 2.45) is 0 Å². The summed E-state index contributed by atoms with van der Waals surface area (Å²) >= 11 is 0. The van der Waals surface area contributed by atoms with Crippen LogP contribution in [0.2, 0.25) is 0 Å². The highest BCUT2D eigenvalue weighted by atomic mass is 19.4. The average Bonchev–Trinajstić information content (AvgIpc) is 2.54. The highest BCUT2D eigenvalue weighted by molar-refractivity contribution is 5.28. The molecule has 0 saturated heterocycles. The maximum absolute atomic E-state index is 13.5. The first kappa shape index (κ1) is 23.4. The van der Waals surface area contributed by atoms with Crippen LogP contribution < -0.4 is 4.74 Å². The van der Waals surface area contributed by atoms with Gasteiger partial charge in [-0.2, -0.15) is 39.5 Å². The van der Waals surface area contributed by atoms with Crippen molar-refractivity contribution in [1.29, 1.82) is 0 Å². The Bertz CT molecular complexity index is 597. The maximum atomic E-state index is 13.5. The molecule has 2 nitrogen and oxygen atoms in total. The SMILES string of the molecule is CCCCOc1ccc(C(O)CC(F)(F)C(F)(F)C(F)(F)C(F)(F)F)cc1. The van der Waals surface area contributed by atoms with Crippen molar-refractivity contribution in [3.05, 3.63) is 29.8 Å². The summed E-state index contributed by atoms with van der Waals surface area (Å²) in [4.78, 5) is 0. The predicted octanol–water partition coefficient (Wildman–Crippen LogP) is 5.76. The van der Waals surface area contributed by atoms with E-state index in [4.69, 9.17) is 4.74 Å². The van der Waals surface area contributed by atoms with Crippen LogP contribution in [0.4, 0.5) is 39.5 Å². The van der Waals surface area contributed by atoms with Gasteiger partial charge in [0.2, 0.25) is 0 Å². The molecule has 0 fully saturated rings. The molecule has 1 aromatic rings. The van der Waals surface area contributed by atoms with Gasteiger partial charge < -0.3 is 9.84 Å². The zero-order chi connectivity index (χ0) is 21.1. The second kappa shape index (κ2) is 8.15. The summed E-state index contributed by atoms with van der Waals surface area (Å²) in [5.74, 6) is -19.3. The van der Waals surface area contributed by atoms with Crippen molar-refractivity contribution < 1.29 is 49.4 Å². The first-order valence-electron chi connectivity index (χ1n) is 7.78. The third-order valence-electron chi connectivity index (χ3n) is 3.69. The molecular weight excluding hydrogens is 395 g/mol. The Balaban J connectivity index is 2.92. The fourth-order valence-electron chi connectivity index (χ4n) is 2.02. The van der Waals surface area contributed by atoms with Gasteiger partial charge in [-0.05, 0) is 24.1 Å². The van der Waals surface area contributed by atoms with Crippen molar-refractivity contribution in [2.45, 2.75) is 56.2 Å². The summed E-state index contributed by atoms with van der Waals surface area (Å²) in [6.07, 6.45) is -10.1. The topological polar surface area (TPSA) is 29.5 Å². The molecule has 0 bridgehead atoms. The van der Waals surface area contributed by atoms with E-state index >= 15 is 0 Å². The van der Waals surface area contributed by atoms with Crippen molar-refractivity contribution >= 4 is 0 Å². The van der Waals surface area contributed by atoms with E-state index in [9.17, 15) is 44.6 Å². The van der Waals surface area contributed by atoms with Gasteiger partial charge in [-0.25, -0.2) is 0 Å². The van der Waals surface area contributed by atoms with Crippen LogP contribution in [-0.2, 0) is 0 Å². The molecule has 1 unspecified atom stereocenters. The van der Waals surface area contributed by atoms with Crippen LogP contribution in [0.25, 0.3) is 0 Å². The first-order chi connectivity index (χ1) is 12.2. The molecule has 0 aromatic heterocycles. The van der Waals surface area contributed by atoms with Crippen LogP contribution in [0.5, 0.6) is 5.75 Å². The Morgan fingerprint density at radius 2 is 1.41 bits per heavy atom. The Kier molecular flexibility index (Phi) is 7.06. The lowest BCUT2D eigenvalue weighted by molar-refractivity contribution is -0.398. The first-order valence-corrected chi connectivity index (χ1v) is 7.78. The lowest BCUT2D eigenvalue weighted by atomic mass is 9.95. The summed E-state index contributed by atoms with van der Waals surface area (Å²) in [5.41, 5.74) is -0.372. The fraction of sp³-hybridized carbons (Fsp3) is 0.625. The summed E-state index contributed by atoms with van der Waals surface area (Å²) in [6, 6.07) is 4.47. The van der Waals surface area contributed by atoms with Crippen molar-refractivity contribution in [2.75, 3.05) is 6.61 Å². The molecule has 0 aliphatic heterocycles. The molecule has 0 heterocycles. The number of halogens is 9. The van der Waals surface area contributed by atoms with Crippen molar-refractivity contribution in [3.8, 4) is 5.75 Å². The minimum absolute atomic E-state index is 0.278. The van der Waals surface area contributed by atoms with Gasteiger partial charge in [-0.3, -0.25) is 0 Å². The van der Waals surface area contributed by atoms with E-state index < -0.39 is 36.5 Å². The van der Waals surface area contributed by atoms with Crippen LogP contribution in [0.3, 0.4) is 0 Å². The van der Waals surface area contributed by atoms with Gasteiger partial charge in [0, 0.05) is 6.42 Å². The largest absolute Gasteiger partial charge is 0.494 e. The molecule has 1 N–H and O–H groups in total. The molecule has 0 saturated carbocycles. The van der Waals surface area contributed by atoms with Gasteiger partial charge in [0.05, 0.1) is 12.7 Å². The van der Waals surface area contributed by atoms with E-state index in [1.807, 2.05) is 6.92 Å². The number of alkyl halides is 9. The lowest BCUT2D eigenvalue weighted by Gasteiger charge is -2.34. The second-order valence-corrected chi connectivity index (χ2v) is 5.84. The van der Waals surface area contributed by atoms with Crippen LogP contribution in [0.1, 0.15) is 37.9 Å². The second-order valence-electron chi connectivity index (χ2n) is 5.84. The Morgan fingerprint density at radius 1 is 0.889 bits per heavy atom. The average molecular weight is 412 g/mol. The molecule has 0 spiro atoms. The van der Waals surface area contributed by atoms with E-state index in [2.05, 4.69) is 0 Å². The van der Waals surface area contributed by atoms with Crippen molar-refractivity contribution in [3.63, 3.8) is 0 Å². The molecule has 0 aliphatic carbocycles. The summed E-state index contributed by atoms with van der Waals surface area (Å²) in [5, 5.41) is 9.61. The monoisotopic (exact) mass is 412 g/mol. The normalized spacial score (nSPS) is 14.9. The van der Waals surface area contributed by atoms with Gasteiger partial charge >= 0.3 is 23.9 Å². The molecule has 1 rings (SSSR count). The molecule has 156 valence electrons. The third kappa shape index (κ3) is 4.99. The van der Waals surface area contributed by atoms with E-state index in [1.54, 1.807) is 0 Å². The summed E-state index contributed by atoms with van der Waals surface area (Å²) < 4.78 is 121. The molecule has 0 amide bonds. The van der Waals surface area contributed by atoms with E-state index in [1.165, 1.54) is 12.1 Å². The Hall–Kier alpha value is -1.65. The molecule has 27 heavy (non-hydrogen) atoms. The van der Waals surface area contributed by atoms with Crippen LogP contribution in [0.15, 0.2) is 24.3 Å². The zero-order valence-corrected chi connectivity index (χ0v) is 14.0. The zero-order valence-electron chi connectivity index (χ0n) is 14.0. The summed E-state index contributed by atoms with van der Waals surface area (Å²) in [6.45, 7) is 2.25. The maximum Gasteiger partial charge on any atom is 0.460 e. The van der Waals surface area contributed by atoms with Gasteiger partial charge in [0.1, 0.15) is 5.75 Å². The van der Waals surface area contributed by atoms with Gasteiger partial charge in [0.15, 0.2) is 0 Å². The predicted molar refractivity (Wildman–Crippen MR) is 77.3 cm³/mol. The molecule has 0 aliphatic rings. The van der Waals surface area contributed by atoms with Gasteiger partial charge in [0.25, 0.3) is 0 Å². The highest BCUT2D eigenvalue weighted by Crippen LogP contribution is 2.55. The van der Waals surface area contributed by atoms with Gasteiger partial charge in [-0.15, -0.1) is 0 Å². The quantitative estimate of drug-likeness (QED) is 0.413. The molecule has 0 radical (unpaired) electrons. The van der Waals surface area contributed by atoms with Crippen LogP contribution >= 0.6 is 0 Å². The van der Waals surface area contributed by atoms with Crippen molar-refractivity contribution in [1.82, 2.24) is 0 Å². The van der Waals surface area contributed by atoms with E-state index in [0.29, 0.717) is 6.61 Å². The molecule has 11 heteroatoms. The Morgan fingerprint density at radius 3 is 1.85 bits per heavy atom. The van der Waals surface area contributed by atoms with Crippen LogP contribution in [0, 0.1) is 0 Å². The number of hydrogen-bond donors (Lipinski definition) is 1. The standard InChI is InChI=1S/C16H17F9O2/c1-2-3-8-27-11-6-4-10(5-7-11)12(26)9-13(17,18)14(19,20)15(21,22)16(23,24)25/h4-7,12,26H,2-3,8-9H2,1H3. The number of aliphatic hydroxyl groups excluding tert-OH is 1.